The first-order chi connectivity index (χ1) is 9.47. The van der Waals surface area contributed by atoms with Crippen LogP contribution in [-0.4, -0.2) is 24.4 Å². The third-order valence-electron chi connectivity index (χ3n) is 2.22. The number of benzene rings is 1. The topological polar surface area (TPSA) is 127 Å². The summed E-state index contributed by atoms with van der Waals surface area (Å²) in [5, 5.41) is 2.25. The molecule has 1 heterocycles. The Morgan fingerprint density at radius 3 is 2.45 bits per heavy atom. The lowest BCUT2D eigenvalue weighted by molar-refractivity contribution is 0.256. The number of hydrogen-bond acceptors (Lipinski definition) is 6. The normalized spacial score (nSPS) is 10.8. The highest BCUT2D eigenvalue weighted by Crippen LogP contribution is 2.11. The van der Waals surface area contributed by atoms with Gasteiger partial charge in [0.2, 0.25) is 0 Å². The van der Waals surface area contributed by atoms with E-state index in [0.29, 0.717) is 5.69 Å². The van der Waals surface area contributed by atoms with Crippen molar-refractivity contribution in [2.24, 2.45) is 0 Å². The predicted molar refractivity (Wildman–Crippen MR) is 72.2 cm³/mol. The van der Waals surface area contributed by atoms with Gasteiger partial charge in [-0.2, -0.15) is 0 Å². The fraction of sp³-hybridized carbons (Fsp3) is 0. The maximum Gasteiger partial charge on any atom is 0.334 e. The highest BCUT2D eigenvalue weighted by molar-refractivity contribution is 7.90. The molecule has 0 atom stereocenters. The van der Waals surface area contributed by atoms with Crippen LogP contribution in [0, 0.1) is 0 Å². The molecule has 0 aliphatic heterocycles. The second-order valence-corrected chi connectivity index (χ2v) is 5.40. The van der Waals surface area contributed by atoms with E-state index in [2.05, 4.69) is 15.3 Å². The molecular formula is C11H11N5O3S. The number of nitrogens with one attached hydrogen (secondary N) is 2. The number of amides is 2. The number of nitrogen functional groups attached to an aromatic ring is 1. The molecule has 1 aromatic heterocycles. The summed E-state index contributed by atoms with van der Waals surface area (Å²) in [6, 6.07) is 4.52. The third-order valence-corrected chi connectivity index (χ3v) is 3.57. The van der Waals surface area contributed by atoms with Gasteiger partial charge < -0.3 is 5.73 Å². The van der Waals surface area contributed by atoms with Crippen LogP contribution >= 0.6 is 0 Å². The van der Waals surface area contributed by atoms with Crippen molar-refractivity contribution in [3.8, 4) is 0 Å². The minimum atomic E-state index is -3.96. The number of hydrogen-bond donors (Lipinski definition) is 3. The molecule has 4 N–H and O–H groups in total. The number of carbonyl (C=O) groups is 1. The first kappa shape index (κ1) is 13.7. The summed E-state index contributed by atoms with van der Waals surface area (Å²) in [4.78, 5) is 19.0. The van der Waals surface area contributed by atoms with Crippen molar-refractivity contribution in [2.45, 2.75) is 4.90 Å². The Kier molecular flexibility index (Phi) is 3.80. The van der Waals surface area contributed by atoms with Gasteiger partial charge in [0.25, 0.3) is 10.0 Å². The van der Waals surface area contributed by atoms with E-state index in [-0.39, 0.29) is 10.7 Å². The standard InChI is InChI=1S/C11H11N5O3S/c12-8-1-3-9(4-2-8)20(18,19)16-11(17)15-10-7-13-5-6-14-10/h1-7H,12H2,(H2,14,15,16,17). The quantitative estimate of drug-likeness (QED) is 0.710. The van der Waals surface area contributed by atoms with Crippen LogP contribution in [0.2, 0.25) is 0 Å². The van der Waals surface area contributed by atoms with Crippen LogP contribution in [-0.2, 0) is 10.0 Å². The minimum Gasteiger partial charge on any atom is -0.399 e. The summed E-state index contributed by atoms with van der Waals surface area (Å²) in [5.74, 6) is 0.137. The molecule has 0 spiro atoms. The molecule has 104 valence electrons. The number of nitrogens with zero attached hydrogens (tertiary/aromatic N) is 2. The van der Waals surface area contributed by atoms with Gasteiger partial charge in [0.05, 0.1) is 11.1 Å². The van der Waals surface area contributed by atoms with Crippen LogP contribution in [0.4, 0.5) is 16.3 Å². The molecule has 20 heavy (non-hydrogen) atoms. The highest BCUT2D eigenvalue weighted by atomic mass is 32.2. The smallest absolute Gasteiger partial charge is 0.334 e. The fourth-order valence-electron chi connectivity index (χ4n) is 1.33. The zero-order valence-electron chi connectivity index (χ0n) is 10.1. The first-order valence-corrected chi connectivity index (χ1v) is 6.91. The SMILES string of the molecule is Nc1ccc(S(=O)(=O)NC(=O)Nc2cnccn2)cc1. The van der Waals surface area contributed by atoms with Gasteiger partial charge in [-0.1, -0.05) is 0 Å². The van der Waals surface area contributed by atoms with E-state index in [1.54, 1.807) is 0 Å². The monoisotopic (exact) mass is 293 g/mol. The fourth-order valence-corrected chi connectivity index (χ4v) is 2.24. The summed E-state index contributed by atoms with van der Waals surface area (Å²) in [6.07, 6.45) is 4.08. The molecule has 2 rings (SSSR count). The average Bonchev–Trinajstić information content (AvgIpc) is 2.39. The number of nitrogens with two attached hydrogens (primary N) is 1. The van der Waals surface area contributed by atoms with Crippen molar-refractivity contribution < 1.29 is 13.2 Å². The molecule has 0 bridgehead atoms. The zero-order valence-corrected chi connectivity index (χ0v) is 11.0. The Bertz CT molecular complexity index is 701. The van der Waals surface area contributed by atoms with Crippen molar-refractivity contribution in [3.63, 3.8) is 0 Å². The van der Waals surface area contributed by atoms with Crippen molar-refractivity contribution in [1.82, 2.24) is 14.7 Å². The Hall–Kier alpha value is -2.68. The van der Waals surface area contributed by atoms with E-state index in [0.717, 1.165) is 0 Å². The van der Waals surface area contributed by atoms with Gasteiger partial charge in [0.1, 0.15) is 0 Å². The molecule has 0 aliphatic carbocycles. The summed E-state index contributed by atoms with van der Waals surface area (Å²) in [6.45, 7) is 0. The van der Waals surface area contributed by atoms with Crippen LogP contribution in [0.1, 0.15) is 0 Å². The number of sulfonamides is 1. The summed E-state index contributed by atoms with van der Waals surface area (Å²) >= 11 is 0. The lowest BCUT2D eigenvalue weighted by Gasteiger charge is -2.07. The maximum absolute atomic E-state index is 11.9. The van der Waals surface area contributed by atoms with E-state index in [9.17, 15) is 13.2 Å². The average molecular weight is 293 g/mol. The van der Waals surface area contributed by atoms with Crippen LogP contribution in [0.5, 0.6) is 0 Å². The molecule has 0 saturated heterocycles. The largest absolute Gasteiger partial charge is 0.399 e. The number of anilines is 2. The highest BCUT2D eigenvalue weighted by Gasteiger charge is 2.17. The van der Waals surface area contributed by atoms with Gasteiger partial charge >= 0.3 is 6.03 Å². The van der Waals surface area contributed by atoms with Crippen molar-refractivity contribution in [3.05, 3.63) is 42.9 Å². The number of urea groups is 1. The molecule has 2 aromatic rings. The molecule has 9 heteroatoms. The molecule has 2 amide bonds. The second kappa shape index (κ2) is 5.53. The number of carbonyl (C=O) groups excluding carboxylic acids is 1. The van der Waals surface area contributed by atoms with E-state index in [1.165, 1.54) is 42.9 Å². The van der Waals surface area contributed by atoms with Gasteiger partial charge in [-0.05, 0) is 24.3 Å². The molecule has 0 fully saturated rings. The first-order valence-electron chi connectivity index (χ1n) is 5.43. The van der Waals surface area contributed by atoms with Gasteiger partial charge in [0, 0.05) is 18.1 Å². The predicted octanol–water partition coefficient (Wildman–Crippen LogP) is 0.569. The number of rotatable bonds is 3. The Morgan fingerprint density at radius 1 is 1.15 bits per heavy atom. The van der Waals surface area contributed by atoms with Crippen LogP contribution < -0.4 is 15.8 Å². The van der Waals surface area contributed by atoms with Crippen LogP contribution in [0.25, 0.3) is 0 Å². The molecule has 0 unspecified atom stereocenters. The molecule has 1 aromatic carbocycles. The summed E-state index contributed by atoms with van der Waals surface area (Å²) in [5.41, 5.74) is 5.89. The van der Waals surface area contributed by atoms with Crippen LogP contribution in [0.3, 0.4) is 0 Å². The van der Waals surface area contributed by atoms with Gasteiger partial charge in [-0.25, -0.2) is 22.9 Å². The Morgan fingerprint density at radius 2 is 1.85 bits per heavy atom. The molecule has 0 aliphatic rings. The van der Waals surface area contributed by atoms with Crippen molar-refractivity contribution >= 4 is 27.6 Å². The zero-order chi connectivity index (χ0) is 14.6. The summed E-state index contributed by atoms with van der Waals surface area (Å²) < 4.78 is 25.6. The summed E-state index contributed by atoms with van der Waals surface area (Å²) in [7, 11) is -3.96. The van der Waals surface area contributed by atoms with E-state index >= 15 is 0 Å². The van der Waals surface area contributed by atoms with Gasteiger partial charge in [-0.3, -0.25) is 10.3 Å². The Labute approximate surface area is 115 Å². The second-order valence-electron chi connectivity index (χ2n) is 3.72. The van der Waals surface area contributed by atoms with Crippen molar-refractivity contribution in [1.29, 1.82) is 0 Å². The van der Waals surface area contributed by atoms with Crippen LogP contribution in [0.15, 0.2) is 47.8 Å². The maximum atomic E-state index is 11.9. The van der Waals surface area contributed by atoms with Gasteiger partial charge in [0.15, 0.2) is 5.82 Å². The molecule has 0 saturated carbocycles. The third kappa shape index (κ3) is 3.42. The minimum absolute atomic E-state index is 0.0685. The molecule has 0 radical (unpaired) electrons. The lowest BCUT2D eigenvalue weighted by Crippen LogP contribution is -2.34. The molecular weight excluding hydrogens is 282 g/mol. The van der Waals surface area contributed by atoms with E-state index in [4.69, 9.17) is 5.73 Å². The lowest BCUT2D eigenvalue weighted by atomic mass is 10.3. The van der Waals surface area contributed by atoms with Gasteiger partial charge in [-0.15, -0.1) is 0 Å². The van der Waals surface area contributed by atoms with Crippen molar-refractivity contribution in [2.75, 3.05) is 11.1 Å². The Balaban J connectivity index is 2.08. The van der Waals surface area contributed by atoms with E-state index < -0.39 is 16.1 Å². The number of aromatic nitrogens is 2. The van der Waals surface area contributed by atoms with E-state index in [1.807, 2.05) is 4.72 Å². The molecule has 8 nitrogen and oxygen atoms in total.